The third-order valence-electron chi connectivity index (χ3n) is 8.59. The molecule has 2 atom stereocenters. The monoisotopic (exact) mass is 470 g/mol. The number of benzene rings is 6. The zero-order valence-electron chi connectivity index (χ0n) is 20.1. The molecule has 6 aromatic rings. The van der Waals surface area contributed by atoms with Crippen molar-refractivity contribution in [2.75, 3.05) is 0 Å². The van der Waals surface area contributed by atoms with E-state index in [2.05, 4.69) is 121 Å². The van der Waals surface area contributed by atoms with Gasteiger partial charge in [0.15, 0.2) is 0 Å². The van der Waals surface area contributed by atoms with Gasteiger partial charge in [0.2, 0.25) is 0 Å². The van der Waals surface area contributed by atoms with Crippen LogP contribution in [0.1, 0.15) is 23.0 Å². The van der Waals surface area contributed by atoms with Crippen LogP contribution in [-0.2, 0) is 0 Å². The minimum Gasteiger partial charge on any atom is -0.456 e. The van der Waals surface area contributed by atoms with Crippen LogP contribution in [0.5, 0.6) is 11.5 Å². The Morgan fingerprint density at radius 3 is 2.05 bits per heavy atom. The van der Waals surface area contributed by atoms with Crippen LogP contribution in [0, 0.1) is 0 Å². The molecular weight excluding hydrogens is 448 g/mol. The molecule has 1 nitrogen and oxygen atoms in total. The van der Waals surface area contributed by atoms with Crippen LogP contribution in [0.3, 0.4) is 0 Å². The topological polar surface area (TPSA) is 9.23 Å². The first kappa shape index (κ1) is 19.6. The summed E-state index contributed by atoms with van der Waals surface area (Å²) in [6, 6.07) is 39.8. The number of hydrogen-bond donors (Lipinski definition) is 0. The zero-order valence-corrected chi connectivity index (χ0v) is 20.1. The maximum atomic E-state index is 6.49. The number of fused-ring (bicyclic) bond motifs is 6. The van der Waals surface area contributed by atoms with Crippen molar-refractivity contribution in [1.82, 2.24) is 0 Å². The molecule has 6 aromatic carbocycles. The summed E-state index contributed by atoms with van der Waals surface area (Å²) in [4.78, 5) is 0. The second-order valence-corrected chi connectivity index (χ2v) is 10.5. The van der Waals surface area contributed by atoms with E-state index >= 15 is 0 Å². The summed E-state index contributed by atoms with van der Waals surface area (Å²) in [7, 11) is 0. The van der Waals surface area contributed by atoms with Gasteiger partial charge in [0.1, 0.15) is 11.5 Å². The van der Waals surface area contributed by atoms with Crippen LogP contribution in [0.25, 0.3) is 56.0 Å². The number of ether oxygens (including phenoxy) is 1. The second-order valence-electron chi connectivity index (χ2n) is 10.5. The van der Waals surface area contributed by atoms with Gasteiger partial charge in [-0.15, -0.1) is 0 Å². The molecule has 37 heavy (non-hydrogen) atoms. The average molecular weight is 471 g/mol. The van der Waals surface area contributed by atoms with E-state index in [1.807, 2.05) is 0 Å². The smallest absolute Gasteiger partial charge is 0.135 e. The van der Waals surface area contributed by atoms with Gasteiger partial charge in [-0.05, 0) is 72.6 Å². The molecule has 172 valence electrons. The lowest BCUT2D eigenvalue weighted by atomic mass is 9.85. The van der Waals surface area contributed by atoms with E-state index in [9.17, 15) is 0 Å². The lowest BCUT2D eigenvalue weighted by Gasteiger charge is -2.22. The van der Waals surface area contributed by atoms with E-state index in [0.29, 0.717) is 11.8 Å². The van der Waals surface area contributed by atoms with Gasteiger partial charge >= 0.3 is 0 Å². The largest absolute Gasteiger partial charge is 0.456 e. The summed E-state index contributed by atoms with van der Waals surface area (Å²) in [5, 5.41) is 7.85. The molecule has 0 N–H and O–H groups in total. The highest BCUT2D eigenvalue weighted by atomic mass is 16.5. The highest BCUT2D eigenvalue weighted by molar-refractivity contribution is 6.06. The second kappa shape index (κ2) is 6.99. The van der Waals surface area contributed by atoms with Crippen molar-refractivity contribution in [2.24, 2.45) is 0 Å². The summed E-state index contributed by atoms with van der Waals surface area (Å²) in [6.45, 7) is 0. The molecule has 1 heterocycles. The van der Waals surface area contributed by atoms with E-state index in [0.717, 1.165) is 17.1 Å². The van der Waals surface area contributed by atoms with Crippen LogP contribution in [0.4, 0.5) is 0 Å². The van der Waals surface area contributed by atoms with Crippen LogP contribution >= 0.6 is 0 Å². The maximum Gasteiger partial charge on any atom is 0.135 e. The van der Waals surface area contributed by atoms with E-state index in [1.54, 1.807) is 0 Å². The van der Waals surface area contributed by atoms with Crippen LogP contribution < -0.4 is 15.2 Å². The molecule has 0 amide bonds. The molecule has 0 saturated heterocycles. The zero-order chi connectivity index (χ0) is 24.1. The highest BCUT2D eigenvalue weighted by Gasteiger charge is 2.33. The van der Waals surface area contributed by atoms with E-state index in [4.69, 9.17) is 4.74 Å². The number of hydrogen-bond acceptors (Lipinski definition) is 1. The molecular formula is C36H22O. The molecule has 0 spiro atoms. The molecule has 1 aliphatic heterocycles. The lowest BCUT2D eigenvalue weighted by molar-refractivity contribution is 0.487. The van der Waals surface area contributed by atoms with Crippen molar-refractivity contribution in [3.8, 4) is 33.8 Å². The standard InChI is InChI=1S/C36H22O/c1-2-7-23-19-32-30-17-16-25(27-11-5-12-29(36(27)30)31(32)18-22(23)6-1)24-14-15-26-28-10-3-8-21-9-4-13-33(35(21)28)37-34(26)20-24/h1-20,31-32H. The molecule has 2 unspecified atom stereocenters. The van der Waals surface area contributed by atoms with Crippen molar-refractivity contribution < 1.29 is 4.74 Å². The fraction of sp³-hybridized carbons (Fsp3) is 0.0556. The van der Waals surface area contributed by atoms with Crippen LogP contribution in [0.2, 0.25) is 0 Å². The number of rotatable bonds is 1. The summed E-state index contributed by atoms with van der Waals surface area (Å²) < 4.78 is 6.49. The molecule has 3 aliphatic rings. The van der Waals surface area contributed by atoms with Crippen molar-refractivity contribution in [1.29, 1.82) is 0 Å². The fourth-order valence-electron chi connectivity index (χ4n) is 6.98. The molecule has 0 bridgehead atoms. The van der Waals surface area contributed by atoms with Gasteiger partial charge in [-0.1, -0.05) is 103 Å². The molecule has 0 saturated carbocycles. The van der Waals surface area contributed by atoms with Crippen molar-refractivity contribution in [3.05, 3.63) is 131 Å². The Labute approximate surface area is 214 Å². The summed E-state index contributed by atoms with van der Waals surface area (Å²) >= 11 is 0. The van der Waals surface area contributed by atoms with Crippen molar-refractivity contribution in [3.63, 3.8) is 0 Å². The summed E-state index contributed by atoms with van der Waals surface area (Å²) in [6.07, 6.45) is 4.94. The highest BCUT2D eigenvalue weighted by Crippen LogP contribution is 2.52. The third-order valence-corrected chi connectivity index (χ3v) is 8.59. The van der Waals surface area contributed by atoms with Gasteiger partial charge in [0.05, 0.1) is 0 Å². The normalized spacial score (nSPS) is 17.8. The van der Waals surface area contributed by atoms with Crippen molar-refractivity contribution in [2.45, 2.75) is 11.8 Å². The predicted molar refractivity (Wildman–Crippen MR) is 153 cm³/mol. The van der Waals surface area contributed by atoms with Gasteiger partial charge in [-0.2, -0.15) is 0 Å². The predicted octanol–water partition coefficient (Wildman–Crippen LogP) is 7.89. The Kier molecular flexibility index (Phi) is 3.69. The van der Waals surface area contributed by atoms with E-state index in [-0.39, 0.29) is 0 Å². The van der Waals surface area contributed by atoms with Gasteiger partial charge in [0, 0.05) is 22.8 Å². The Bertz CT molecular complexity index is 2030. The first-order valence-electron chi connectivity index (χ1n) is 13.0. The Morgan fingerprint density at radius 2 is 1.22 bits per heavy atom. The SMILES string of the molecule is C1=c2ccccc2=CC2c3ccc(-c4ccc5c(c4)Oc4cccc6cccc-5c46)c4cccc(c34)C12. The minimum absolute atomic E-state index is 0.396. The Balaban J connectivity index is 1.24. The molecule has 0 radical (unpaired) electrons. The summed E-state index contributed by atoms with van der Waals surface area (Å²) in [5.41, 5.74) is 7.75. The first-order chi connectivity index (χ1) is 18.3. The fourth-order valence-corrected chi connectivity index (χ4v) is 6.98. The Hall–Kier alpha value is -4.62. The quantitative estimate of drug-likeness (QED) is 0.237. The van der Waals surface area contributed by atoms with E-state index < -0.39 is 0 Å². The molecule has 0 fully saturated rings. The molecule has 1 heteroatoms. The average Bonchev–Trinajstić information content (AvgIpc) is 3.26. The Morgan fingerprint density at radius 1 is 0.486 bits per heavy atom. The molecule has 0 aromatic heterocycles. The molecule has 9 rings (SSSR count). The van der Waals surface area contributed by atoms with E-state index in [1.165, 1.54) is 59.8 Å². The van der Waals surface area contributed by atoms with Crippen LogP contribution in [0.15, 0.2) is 109 Å². The molecule has 2 aliphatic carbocycles. The van der Waals surface area contributed by atoms with Gasteiger partial charge in [0.25, 0.3) is 0 Å². The minimum atomic E-state index is 0.396. The first-order valence-corrected chi connectivity index (χ1v) is 13.0. The van der Waals surface area contributed by atoms with Gasteiger partial charge in [-0.3, -0.25) is 0 Å². The van der Waals surface area contributed by atoms with Gasteiger partial charge < -0.3 is 4.74 Å². The van der Waals surface area contributed by atoms with Crippen LogP contribution in [-0.4, -0.2) is 0 Å². The maximum absolute atomic E-state index is 6.49. The van der Waals surface area contributed by atoms with Gasteiger partial charge in [-0.25, -0.2) is 0 Å². The lowest BCUT2D eigenvalue weighted by Crippen LogP contribution is -2.29. The summed E-state index contributed by atoms with van der Waals surface area (Å²) in [5.74, 6) is 2.66. The van der Waals surface area contributed by atoms with Crippen molar-refractivity contribution >= 4 is 33.7 Å². The third kappa shape index (κ3) is 2.58.